The van der Waals surface area contributed by atoms with Crippen molar-refractivity contribution < 1.29 is 8.78 Å². The number of halogens is 3. The van der Waals surface area contributed by atoms with E-state index in [4.69, 9.17) is 11.6 Å². The molecule has 0 amide bonds. The first-order chi connectivity index (χ1) is 8.04. The molecular formula is C11H8ClF2N3. The molecule has 0 fully saturated rings. The highest BCUT2D eigenvalue weighted by Crippen LogP contribution is 2.21. The van der Waals surface area contributed by atoms with E-state index >= 15 is 0 Å². The molecule has 2 rings (SSSR count). The van der Waals surface area contributed by atoms with Crippen molar-refractivity contribution in [2.24, 2.45) is 0 Å². The number of hydrogen-bond acceptors (Lipinski definition) is 3. The SMILES string of the molecule is Cc1nc(Cl)cc(Nc2cc(F)ccc2F)n1. The molecule has 0 radical (unpaired) electrons. The van der Waals surface area contributed by atoms with E-state index in [1.807, 2.05) is 0 Å². The van der Waals surface area contributed by atoms with Gasteiger partial charge in [0.05, 0.1) is 5.69 Å². The normalized spacial score (nSPS) is 10.4. The molecule has 6 heteroatoms. The van der Waals surface area contributed by atoms with E-state index in [1.54, 1.807) is 6.92 Å². The molecule has 0 saturated carbocycles. The Morgan fingerprint density at radius 1 is 1.18 bits per heavy atom. The van der Waals surface area contributed by atoms with Crippen molar-refractivity contribution in [2.45, 2.75) is 6.92 Å². The summed E-state index contributed by atoms with van der Waals surface area (Å²) >= 11 is 5.73. The molecule has 17 heavy (non-hydrogen) atoms. The first kappa shape index (κ1) is 11.7. The monoisotopic (exact) mass is 255 g/mol. The van der Waals surface area contributed by atoms with E-state index in [9.17, 15) is 8.78 Å². The molecule has 1 aromatic heterocycles. The summed E-state index contributed by atoms with van der Waals surface area (Å²) in [4.78, 5) is 7.87. The summed E-state index contributed by atoms with van der Waals surface area (Å²) in [7, 11) is 0. The van der Waals surface area contributed by atoms with Gasteiger partial charge in [-0.2, -0.15) is 0 Å². The van der Waals surface area contributed by atoms with Crippen LogP contribution in [0.1, 0.15) is 5.82 Å². The minimum atomic E-state index is -0.571. The van der Waals surface area contributed by atoms with Crippen LogP contribution in [-0.2, 0) is 0 Å². The molecule has 3 nitrogen and oxygen atoms in total. The number of aromatic nitrogens is 2. The Hall–Kier alpha value is -1.75. The average molecular weight is 256 g/mol. The Morgan fingerprint density at radius 3 is 2.65 bits per heavy atom. The third-order valence-corrected chi connectivity index (χ3v) is 2.19. The van der Waals surface area contributed by atoms with Crippen molar-refractivity contribution in [2.75, 3.05) is 5.32 Å². The molecule has 0 aliphatic rings. The van der Waals surface area contributed by atoms with Gasteiger partial charge in [-0.3, -0.25) is 0 Å². The zero-order chi connectivity index (χ0) is 12.4. The van der Waals surface area contributed by atoms with Crippen LogP contribution in [0.25, 0.3) is 0 Å². The van der Waals surface area contributed by atoms with Crippen LogP contribution < -0.4 is 5.32 Å². The third-order valence-electron chi connectivity index (χ3n) is 2.00. The van der Waals surface area contributed by atoms with Gasteiger partial charge in [0.15, 0.2) is 0 Å². The quantitative estimate of drug-likeness (QED) is 0.835. The van der Waals surface area contributed by atoms with Crippen LogP contribution in [0.5, 0.6) is 0 Å². The highest BCUT2D eigenvalue weighted by molar-refractivity contribution is 6.29. The fourth-order valence-electron chi connectivity index (χ4n) is 1.33. The van der Waals surface area contributed by atoms with Crippen molar-refractivity contribution in [1.29, 1.82) is 0 Å². The fraction of sp³-hybridized carbons (Fsp3) is 0.0909. The molecule has 88 valence electrons. The van der Waals surface area contributed by atoms with Gasteiger partial charge in [0.2, 0.25) is 0 Å². The highest BCUT2D eigenvalue weighted by Gasteiger charge is 2.06. The summed E-state index contributed by atoms with van der Waals surface area (Å²) in [6.07, 6.45) is 0. The number of nitrogens with one attached hydrogen (secondary N) is 1. The lowest BCUT2D eigenvalue weighted by molar-refractivity contribution is 0.603. The second-order valence-electron chi connectivity index (χ2n) is 3.37. The van der Waals surface area contributed by atoms with Gasteiger partial charge in [-0.05, 0) is 19.1 Å². The van der Waals surface area contributed by atoms with Gasteiger partial charge in [0.1, 0.15) is 28.4 Å². The number of rotatable bonds is 2. The predicted octanol–water partition coefficient (Wildman–Crippen LogP) is 3.46. The second-order valence-corrected chi connectivity index (χ2v) is 3.76. The minimum Gasteiger partial charge on any atom is -0.338 e. The van der Waals surface area contributed by atoms with Gasteiger partial charge in [0, 0.05) is 12.1 Å². The Morgan fingerprint density at radius 2 is 1.94 bits per heavy atom. The summed E-state index contributed by atoms with van der Waals surface area (Å²) in [6, 6.07) is 4.55. The number of benzene rings is 1. The van der Waals surface area contributed by atoms with Gasteiger partial charge in [-0.15, -0.1) is 0 Å². The van der Waals surface area contributed by atoms with Gasteiger partial charge >= 0.3 is 0 Å². The number of anilines is 2. The number of hydrogen-bond donors (Lipinski definition) is 1. The summed E-state index contributed by atoms with van der Waals surface area (Å²) in [5.74, 6) is -0.353. The van der Waals surface area contributed by atoms with Crippen molar-refractivity contribution in [3.63, 3.8) is 0 Å². The van der Waals surface area contributed by atoms with E-state index in [1.165, 1.54) is 6.07 Å². The maximum absolute atomic E-state index is 13.4. The first-order valence-corrected chi connectivity index (χ1v) is 5.15. The van der Waals surface area contributed by atoms with E-state index in [2.05, 4.69) is 15.3 Å². The molecule has 1 aromatic carbocycles. The smallest absolute Gasteiger partial charge is 0.146 e. The molecule has 1 N–H and O–H groups in total. The Labute approximate surface area is 101 Å². The van der Waals surface area contributed by atoms with Crippen LogP contribution in [0, 0.1) is 18.6 Å². The third kappa shape index (κ3) is 2.88. The van der Waals surface area contributed by atoms with Crippen molar-refractivity contribution in [3.8, 4) is 0 Å². The maximum Gasteiger partial charge on any atom is 0.146 e. The predicted molar refractivity (Wildman–Crippen MR) is 61.4 cm³/mol. The summed E-state index contributed by atoms with van der Waals surface area (Å²) in [5, 5.41) is 2.88. The lowest BCUT2D eigenvalue weighted by Gasteiger charge is -2.07. The molecule has 0 unspecified atom stereocenters. The lowest BCUT2D eigenvalue weighted by Crippen LogP contribution is -1.99. The highest BCUT2D eigenvalue weighted by atomic mass is 35.5. The molecule has 2 aromatic rings. The Balaban J connectivity index is 2.34. The summed E-state index contributed by atoms with van der Waals surface area (Å²) in [6.45, 7) is 1.65. The average Bonchev–Trinajstić information content (AvgIpc) is 2.22. The molecule has 0 spiro atoms. The van der Waals surface area contributed by atoms with Crippen molar-refractivity contribution >= 4 is 23.1 Å². The van der Waals surface area contributed by atoms with Crippen LogP contribution in [0.4, 0.5) is 20.3 Å². The maximum atomic E-state index is 13.4. The molecule has 0 saturated heterocycles. The number of nitrogens with zero attached hydrogens (tertiary/aromatic N) is 2. The molecule has 0 aliphatic heterocycles. The topological polar surface area (TPSA) is 37.8 Å². The van der Waals surface area contributed by atoms with E-state index in [0.717, 1.165) is 18.2 Å². The van der Waals surface area contributed by atoms with E-state index in [0.29, 0.717) is 11.6 Å². The van der Waals surface area contributed by atoms with Gasteiger partial charge in [0.25, 0.3) is 0 Å². The molecule has 1 heterocycles. The minimum absolute atomic E-state index is 0.000772. The molecular weight excluding hydrogens is 248 g/mol. The van der Waals surface area contributed by atoms with Crippen LogP contribution in [0.3, 0.4) is 0 Å². The van der Waals surface area contributed by atoms with Crippen LogP contribution in [0.15, 0.2) is 24.3 Å². The lowest BCUT2D eigenvalue weighted by atomic mass is 10.3. The van der Waals surface area contributed by atoms with Crippen LogP contribution in [-0.4, -0.2) is 9.97 Å². The zero-order valence-corrected chi connectivity index (χ0v) is 9.59. The summed E-state index contributed by atoms with van der Waals surface area (Å²) < 4.78 is 26.3. The Kier molecular flexibility index (Phi) is 3.19. The van der Waals surface area contributed by atoms with Gasteiger partial charge < -0.3 is 5.32 Å². The fourth-order valence-corrected chi connectivity index (χ4v) is 1.55. The second kappa shape index (κ2) is 4.63. The Bertz CT molecular complexity index is 540. The van der Waals surface area contributed by atoms with Crippen LogP contribution in [0.2, 0.25) is 5.15 Å². The number of aryl methyl sites for hydroxylation is 1. The van der Waals surface area contributed by atoms with Crippen molar-refractivity contribution in [1.82, 2.24) is 9.97 Å². The standard InChI is InChI=1S/C11H8ClF2N3/c1-6-15-10(12)5-11(16-6)17-9-4-7(13)2-3-8(9)14/h2-5H,1H3,(H,15,16,17). The largest absolute Gasteiger partial charge is 0.338 e. The van der Waals surface area contributed by atoms with Gasteiger partial charge in [-0.25, -0.2) is 18.7 Å². The van der Waals surface area contributed by atoms with E-state index in [-0.39, 0.29) is 10.8 Å². The zero-order valence-electron chi connectivity index (χ0n) is 8.84. The summed E-state index contributed by atoms with van der Waals surface area (Å²) in [5.41, 5.74) is -0.000772. The first-order valence-electron chi connectivity index (χ1n) is 4.78. The molecule has 0 aliphatic carbocycles. The van der Waals surface area contributed by atoms with E-state index < -0.39 is 11.6 Å². The van der Waals surface area contributed by atoms with Gasteiger partial charge in [-0.1, -0.05) is 11.6 Å². The molecule has 0 bridgehead atoms. The van der Waals surface area contributed by atoms with Crippen molar-refractivity contribution in [3.05, 3.63) is 46.9 Å². The van der Waals surface area contributed by atoms with Crippen LogP contribution >= 0.6 is 11.6 Å². The molecule has 0 atom stereocenters.